The highest BCUT2D eigenvalue weighted by Gasteiger charge is 2.27. The molecule has 6 rings (SSSR count). The third kappa shape index (κ3) is 3.51. The van der Waals surface area contributed by atoms with Crippen LogP contribution in [0.3, 0.4) is 0 Å². The Morgan fingerprint density at radius 3 is 2.33 bits per heavy atom. The van der Waals surface area contributed by atoms with Crippen LogP contribution in [0.4, 0.5) is 0 Å². The topological polar surface area (TPSA) is 55.2 Å². The van der Waals surface area contributed by atoms with Gasteiger partial charge in [0.05, 0.1) is 26.3 Å². The summed E-state index contributed by atoms with van der Waals surface area (Å²) in [6.45, 7) is 1.67. The summed E-state index contributed by atoms with van der Waals surface area (Å²) in [5.41, 5.74) is 2.65. The second kappa shape index (κ2) is 8.12. The van der Waals surface area contributed by atoms with Crippen molar-refractivity contribution in [2.45, 2.75) is 25.3 Å². The molecule has 1 amide bonds. The summed E-state index contributed by atoms with van der Waals surface area (Å²) in [5.74, 6) is 0.349. The molecule has 3 aromatic carbocycles. The van der Waals surface area contributed by atoms with E-state index in [-0.39, 0.29) is 23.8 Å². The lowest BCUT2D eigenvalue weighted by Crippen LogP contribution is -2.41. The Labute approximate surface area is 194 Å². The SMILES string of the molecule is O=C(Cn1c2ccccc2c(=O)c2ccccc21)N1CCC[C@H](c2nc3ccccc3s2)C1. The van der Waals surface area contributed by atoms with Gasteiger partial charge in [0, 0.05) is 29.8 Å². The van der Waals surface area contributed by atoms with Gasteiger partial charge in [0.2, 0.25) is 5.91 Å². The molecule has 0 aliphatic carbocycles. The molecule has 0 spiro atoms. The number of fused-ring (bicyclic) bond motifs is 3. The van der Waals surface area contributed by atoms with E-state index in [1.807, 2.05) is 76.2 Å². The molecule has 6 heteroatoms. The molecule has 5 nitrogen and oxygen atoms in total. The van der Waals surface area contributed by atoms with Crippen LogP contribution in [0.25, 0.3) is 32.0 Å². The van der Waals surface area contributed by atoms with Gasteiger partial charge in [0.15, 0.2) is 5.43 Å². The number of likely N-dealkylation sites (tertiary alicyclic amines) is 1. The number of pyridine rings is 1. The quantitative estimate of drug-likeness (QED) is 0.354. The van der Waals surface area contributed by atoms with E-state index in [1.54, 1.807) is 11.3 Å². The van der Waals surface area contributed by atoms with Crippen molar-refractivity contribution in [2.75, 3.05) is 13.1 Å². The van der Waals surface area contributed by atoms with E-state index >= 15 is 0 Å². The smallest absolute Gasteiger partial charge is 0.242 e. The Morgan fingerprint density at radius 2 is 1.61 bits per heavy atom. The Bertz CT molecular complexity index is 1480. The fourth-order valence-corrected chi connectivity index (χ4v) is 6.05. The number of para-hydroxylation sites is 3. The number of rotatable bonds is 3. The number of amides is 1. The van der Waals surface area contributed by atoms with Gasteiger partial charge in [-0.05, 0) is 49.2 Å². The highest BCUT2D eigenvalue weighted by molar-refractivity contribution is 7.18. The molecule has 0 bridgehead atoms. The minimum atomic E-state index is 0.0128. The number of aromatic nitrogens is 2. The Kier molecular flexibility index (Phi) is 4.95. The van der Waals surface area contributed by atoms with Crippen molar-refractivity contribution < 1.29 is 4.79 Å². The fourth-order valence-electron chi connectivity index (χ4n) is 4.95. The van der Waals surface area contributed by atoms with Gasteiger partial charge in [0.1, 0.15) is 6.54 Å². The van der Waals surface area contributed by atoms with Crippen molar-refractivity contribution in [3.63, 3.8) is 0 Å². The van der Waals surface area contributed by atoms with E-state index in [0.717, 1.165) is 40.9 Å². The van der Waals surface area contributed by atoms with E-state index in [9.17, 15) is 9.59 Å². The predicted molar refractivity (Wildman–Crippen MR) is 134 cm³/mol. The van der Waals surface area contributed by atoms with E-state index < -0.39 is 0 Å². The van der Waals surface area contributed by atoms with Gasteiger partial charge < -0.3 is 9.47 Å². The molecule has 1 saturated heterocycles. The predicted octanol–water partition coefficient (Wildman–Crippen LogP) is 5.17. The Morgan fingerprint density at radius 1 is 0.939 bits per heavy atom. The standard InChI is InChI=1S/C27H23N3O2S/c31-25(29-15-7-8-18(16-29)27-28-21-11-3-6-14-24(21)33-27)17-30-22-12-4-1-9-19(22)26(32)20-10-2-5-13-23(20)30/h1-6,9-14,18H,7-8,15-17H2/t18-/m0/s1. The molecule has 1 fully saturated rings. The number of carbonyl (C=O) groups excluding carboxylic acids is 1. The second-order valence-electron chi connectivity index (χ2n) is 8.65. The van der Waals surface area contributed by atoms with Crippen LogP contribution in [-0.4, -0.2) is 33.4 Å². The van der Waals surface area contributed by atoms with Crippen molar-refractivity contribution in [1.82, 2.24) is 14.5 Å². The summed E-state index contributed by atoms with van der Waals surface area (Å²) in [6.07, 6.45) is 2.02. The van der Waals surface area contributed by atoms with Gasteiger partial charge in [0.25, 0.3) is 0 Å². The lowest BCUT2D eigenvalue weighted by Gasteiger charge is -2.32. The zero-order valence-electron chi connectivity index (χ0n) is 18.1. The molecule has 164 valence electrons. The number of nitrogens with zero attached hydrogens (tertiary/aromatic N) is 3. The maximum absolute atomic E-state index is 13.5. The largest absolute Gasteiger partial charge is 0.340 e. The zero-order valence-corrected chi connectivity index (χ0v) is 18.9. The molecule has 0 saturated carbocycles. The number of thiazole rings is 1. The van der Waals surface area contributed by atoms with Crippen molar-refractivity contribution in [2.24, 2.45) is 0 Å². The molecule has 33 heavy (non-hydrogen) atoms. The number of piperidine rings is 1. The molecular formula is C27H23N3O2S. The summed E-state index contributed by atoms with van der Waals surface area (Å²) in [4.78, 5) is 33.3. The van der Waals surface area contributed by atoms with Crippen LogP contribution < -0.4 is 5.43 Å². The van der Waals surface area contributed by atoms with Crippen LogP contribution in [0.5, 0.6) is 0 Å². The number of carbonyl (C=O) groups is 1. The Balaban J connectivity index is 1.33. The summed E-state index contributed by atoms with van der Waals surface area (Å²) in [5, 5.41) is 2.41. The summed E-state index contributed by atoms with van der Waals surface area (Å²) in [7, 11) is 0. The first kappa shape index (κ1) is 20.1. The minimum Gasteiger partial charge on any atom is -0.340 e. The van der Waals surface area contributed by atoms with Crippen molar-refractivity contribution in [1.29, 1.82) is 0 Å². The maximum atomic E-state index is 13.5. The number of benzene rings is 3. The van der Waals surface area contributed by atoms with Crippen LogP contribution >= 0.6 is 11.3 Å². The highest BCUT2D eigenvalue weighted by Crippen LogP contribution is 2.33. The van der Waals surface area contributed by atoms with Gasteiger partial charge >= 0.3 is 0 Å². The second-order valence-corrected chi connectivity index (χ2v) is 9.71. The van der Waals surface area contributed by atoms with Gasteiger partial charge in [-0.25, -0.2) is 4.98 Å². The molecule has 0 N–H and O–H groups in total. The average molecular weight is 454 g/mol. The first-order valence-electron chi connectivity index (χ1n) is 11.3. The third-order valence-corrected chi connectivity index (χ3v) is 7.80. The van der Waals surface area contributed by atoms with E-state index in [0.29, 0.717) is 17.3 Å². The lowest BCUT2D eigenvalue weighted by molar-refractivity contribution is -0.132. The molecule has 1 aliphatic rings. The normalized spacial score (nSPS) is 16.6. The molecule has 0 unspecified atom stereocenters. The fraction of sp³-hybridized carbons (Fsp3) is 0.222. The van der Waals surface area contributed by atoms with Crippen LogP contribution in [0.2, 0.25) is 0 Å². The minimum absolute atomic E-state index is 0.0128. The maximum Gasteiger partial charge on any atom is 0.242 e. The zero-order chi connectivity index (χ0) is 22.4. The van der Waals surface area contributed by atoms with E-state index in [1.165, 1.54) is 4.70 Å². The molecule has 1 aliphatic heterocycles. The van der Waals surface area contributed by atoms with Crippen molar-refractivity contribution >= 4 is 49.3 Å². The third-order valence-electron chi connectivity index (χ3n) is 6.61. The van der Waals surface area contributed by atoms with Crippen molar-refractivity contribution in [3.05, 3.63) is 88.0 Å². The van der Waals surface area contributed by atoms with Crippen LogP contribution in [0.1, 0.15) is 23.8 Å². The highest BCUT2D eigenvalue weighted by atomic mass is 32.1. The van der Waals surface area contributed by atoms with Crippen LogP contribution in [-0.2, 0) is 11.3 Å². The number of hydrogen-bond acceptors (Lipinski definition) is 4. The first-order chi connectivity index (χ1) is 16.2. The molecule has 1 atom stereocenters. The first-order valence-corrected chi connectivity index (χ1v) is 12.1. The van der Waals surface area contributed by atoms with E-state index in [2.05, 4.69) is 6.07 Å². The lowest BCUT2D eigenvalue weighted by atomic mass is 9.98. The summed E-state index contributed by atoms with van der Waals surface area (Å²) in [6, 6.07) is 23.3. The van der Waals surface area contributed by atoms with E-state index in [4.69, 9.17) is 4.98 Å². The van der Waals surface area contributed by atoms with Gasteiger partial charge in [-0.1, -0.05) is 36.4 Å². The molecular weight excluding hydrogens is 430 g/mol. The van der Waals surface area contributed by atoms with Gasteiger partial charge in [-0.2, -0.15) is 0 Å². The van der Waals surface area contributed by atoms with Gasteiger partial charge in [-0.3, -0.25) is 9.59 Å². The summed E-state index contributed by atoms with van der Waals surface area (Å²) < 4.78 is 3.19. The number of hydrogen-bond donors (Lipinski definition) is 0. The average Bonchev–Trinajstić information content (AvgIpc) is 3.31. The molecule has 0 radical (unpaired) electrons. The van der Waals surface area contributed by atoms with Crippen LogP contribution in [0.15, 0.2) is 77.6 Å². The molecule has 3 heterocycles. The monoisotopic (exact) mass is 453 g/mol. The van der Waals surface area contributed by atoms with Crippen molar-refractivity contribution in [3.8, 4) is 0 Å². The van der Waals surface area contributed by atoms with Gasteiger partial charge in [-0.15, -0.1) is 11.3 Å². The molecule has 5 aromatic rings. The Hall–Kier alpha value is -3.51. The van der Waals surface area contributed by atoms with Crippen LogP contribution in [0, 0.1) is 0 Å². The summed E-state index contributed by atoms with van der Waals surface area (Å²) >= 11 is 1.74. The molecule has 2 aromatic heterocycles.